The number of nitrogens with zero attached hydrogens (tertiary/aromatic N) is 3. The molecule has 2 heterocycles. The van der Waals surface area contributed by atoms with Crippen molar-refractivity contribution in [3.63, 3.8) is 0 Å². The van der Waals surface area contributed by atoms with Gasteiger partial charge in [-0.1, -0.05) is 18.5 Å². The Morgan fingerprint density at radius 3 is 2.90 bits per heavy atom. The van der Waals surface area contributed by atoms with E-state index in [9.17, 15) is 4.79 Å². The normalized spacial score (nSPS) is 20.2. The fourth-order valence-electron chi connectivity index (χ4n) is 2.91. The van der Waals surface area contributed by atoms with Gasteiger partial charge in [0.2, 0.25) is 0 Å². The molecule has 0 aromatic carbocycles. The number of carboxylic acid groups (broad SMARTS) is 1. The van der Waals surface area contributed by atoms with E-state index in [-0.39, 0.29) is 12.3 Å². The van der Waals surface area contributed by atoms with E-state index < -0.39 is 5.97 Å². The highest BCUT2D eigenvalue weighted by Crippen LogP contribution is 2.25. The van der Waals surface area contributed by atoms with Crippen LogP contribution in [0.15, 0.2) is 0 Å². The highest BCUT2D eigenvalue weighted by atomic mass is 35.5. The van der Waals surface area contributed by atoms with Gasteiger partial charge in [-0.25, -0.2) is 0 Å². The molecule has 1 aliphatic heterocycles. The van der Waals surface area contributed by atoms with Crippen molar-refractivity contribution in [1.29, 1.82) is 0 Å². The van der Waals surface area contributed by atoms with Gasteiger partial charge in [0.05, 0.1) is 16.4 Å². The summed E-state index contributed by atoms with van der Waals surface area (Å²) in [7, 11) is 1.92. The minimum atomic E-state index is -0.705. The quantitative estimate of drug-likeness (QED) is 0.906. The number of halogens is 1. The highest BCUT2D eigenvalue weighted by molar-refractivity contribution is 6.31. The topological polar surface area (TPSA) is 58.4 Å². The molecule has 0 bridgehead atoms. The van der Waals surface area contributed by atoms with E-state index >= 15 is 0 Å². The number of hydrogen-bond acceptors (Lipinski definition) is 3. The van der Waals surface area contributed by atoms with Crippen LogP contribution in [-0.4, -0.2) is 38.8 Å². The molecule has 0 amide bonds. The number of carboxylic acids is 1. The summed E-state index contributed by atoms with van der Waals surface area (Å²) >= 11 is 6.37. The van der Waals surface area contributed by atoms with Crippen LogP contribution in [0.1, 0.15) is 37.6 Å². The lowest BCUT2D eigenvalue weighted by molar-refractivity contribution is -0.138. The van der Waals surface area contributed by atoms with Crippen molar-refractivity contribution in [2.75, 3.05) is 13.1 Å². The van der Waals surface area contributed by atoms with Crippen LogP contribution in [0.25, 0.3) is 0 Å². The van der Waals surface area contributed by atoms with Crippen molar-refractivity contribution in [2.24, 2.45) is 13.0 Å². The number of aromatic nitrogens is 2. The summed E-state index contributed by atoms with van der Waals surface area (Å²) in [5, 5.41) is 14.1. The van der Waals surface area contributed by atoms with Gasteiger partial charge < -0.3 is 5.11 Å². The third-order valence-corrected chi connectivity index (χ3v) is 4.38. The summed E-state index contributed by atoms with van der Waals surface area (Å²) in [5.74, 6) is -0.456. The van der Waals surface area contributed by atoms with Gasteiger partial charge in [-0.15, -0.1) is 0 Å². The molecule has 1 N–H and O–H groups in total. The lowest BCUT2D eigenvalue weighted by Gasteiger charge is -2.32. The van der Waals surface area contributed by atoms with Gasteiger partial charge >= 0.3 is 5.97 Å². The molecule has 20 heavy (non-hydrogen) atoms. The van der Waals surface area contributed by atoms with Crippen LogP contribution in [0.5, 0.6) is 0 Å². The maximum atomic E-state index is 10.8. The molecular weight excluding hydrogens is 278 g/mol. The molecule has 1 fully saturated rings. The predicted molar refractivity (Wildman–Crippen MR) is 77.8 cm³/mol. The molecule has 1 aliphatic rings. The largest absolute Gasteiger partial charge is 0.481 e. The Kier molecular flexibility index (Phi) is 5.05. The van der Waals surface area contributed by atoms with E-state index in [1.54, 1.807) is 0 Å². The van der Waals surface area contributed by atoms with E-state index in [2.05, 4.69) is 10.00 Å². The molecule has 112 valence electrons. The summed E-state index contributed by atoms with van der Waals surface area (Å²) in [4.78, 5) is 13.1. The minimum Gasteiger partial charge on any atom is -0.481 e. The van der Waals surface area contributed by atoms with Gasteiger partial charge in [-0.2, -0.15) is 5.10 Å². The third-order valence-electron chi connectivity index (χ3n) is 3.94. The van der Waals surface area contributed by atoms with E-state index in [4.69, 9.17) is 16.7 Å². The molecule has 5 nitrogen and oxygen atoms in total. The molecule has 6 heteroatoms. The molecule has 1 aromatic heterocycles. The van der Waals surface area contributed by atoms with Gasteiger partial charge in [-0.05, 0) is 31.7 Å². The van der Waals surface area contributed by atoms with E-state index in [0.29, 0.717) is 0 Å². The third kappa shape index (κ3) is 3.52. The Balaban J connectivity index is 2.02. The van der Waals surface area contributed by atoms with Crippen molar-refractivity contribution in [3.05, 3.63) is 16.4 Å². The number of carbonyl (C=O) groups is 1. The van der Waals surface area contributed by atoms with Crippen LogP contribution in [0, 0.1) is 5.92 Å². The SMILES string of the molecule is CCc1nn(C)c(CN2CCCC(CC(=O)O)C2)c1Cl. The van der Waals surface area contributed by atoms with Crippen molar-refractivity contribution >= 4 is 17.6 Å². The first kappa shape index (κ1) is 15.3. The average Bonchev–Trinajstić information content (AvgIpc) is 2.66. The van der Waals surface area contributed by atoms with Gasteiger partial charge in [0, 0.05) is 26.6 Å². The summed E-state index contributed by atoms with van der Waals surface area (Å²) in [6.07, 6.45) is 3.14. The molecule has 1 unspecified atom stereocenters. The van der Waals surface area contributed by atoms with E-state index in [1.165, 1.54) is 0 Å². The van der Waals surface area contributed by atoms with Gasteiger partial charge in [0.15, 0.2) is 0 Å². The molecule has 0 aliphatic carbocycles. The zero-order valence-corrected chi connectivity index (χ0v) is 12.9. The lowest BCUT2D eigenvalue weighted by atomic mass is 9.95. The Bertz CT molecular complexity index is 487. The zero-order chi connectivity index (χ0) is 14.7. The number of aryl methyl sites for hydroxylation is 2. The molecule has 0 spiro atoms. The van der Waals surface area contributed by atoms with Crippen LogP contribution in [0.2, 0.25) is 5.02 Å². The molecular formula is C14H22ClN3O2. The predicted octanol–water partition coefficient (Wildman–Crippen LogP) is 2.32. The maximum absolute atomic E-state index is 10.8. The number of likely N-dealkylation sites (tertiary alicyclic amines) is 1. The molecule has 2 rings (SSSR count). The van der Waals surface area contributed by atoms with Crippen LogP contribution >= 0.6 is 11.6 Å². The van der Waals surface area contributed by atoms with Crippen molar-refractivity contribution in [2.45, 2.75) is 39.2 Å². The van der Waals surface area contributed by atoms with Crippen molar-refractivity contribution in [3.8, 4) is 0 Å². The molecule has 1 saturated heterocycles. The number of rotatable bonds is 5. The average molecular weight is 300 g/mol. The van der Waals surface area contributed by atoms with Gasteiger partial charge in [0.25, 0.3) is 0 Å². The second-order valence-corrected chi connectivity index (χ2v) is 5.90. The Hall–Kier alpha value is -1.07. The standard InChI is InChI=1S/C14H22ClN3O2/c1-3-11-14(15)12(17(2)16-11)9-18-6-4-5-10(8-18)7-13(19)20/h10H,3-9H2,1-2H3,(H,19,20). The van der Waals surface area contributed by atoms with Crippen molar-refractivity contribution in [1.82, 2.24) is 14.7 Å². The Labute approximate surface area is 124 Å². The minimum absolute atomic E-state index is 0.249. The van der Waals surface area contributed by atoms with Crippen LogP contribution < -0.4 is 0 Å². The second kappa shape index (κ2) is 6.59. The lowest BCUT2D eigenvalue weighted by Crippen LogP contribution is -2.36. The zero-order valence-electron chi connectivity index (χ0n) is 12.1. The van der Waals surface area contributed by atoms with Crippen LogP contribution in [-0.2, 0) is 24.8 Å². The molecule has 1 aromatic rings. The second-order valence-electron chi connectivity index (χ2n) is 5.53. The number of aliphatic carboxylic acids is 1. The molecule has 0 radical (unpaired) electrons. The summed E-state index contributed by atoms with van der Waals surface area (Å²) in [6.45, 7) is 4.62. The van der Waals surface area contributed by atoms with E-state index in [0.717, 1.165) is 55.3 Å². The Morgan fingerprint density at radius 1 is 1.55 bits per heavy atom. The highest BCUT2D eigenvalue weighted by Gasteiger charge is 2.24. The summed E-state index contributed by atoms with van der Waals surface area (Å²) < 4.78 is 1.85. The van der Waals surface area contributed by atoms with Crippen LogP contribution in [0.4, 0.5) is 0 Å². The van der Waals surface area contributed by atoms with Gasteiger partial charge in [-0.3, -0.25) is 14.4 Å². The summed E-state index contributed by atoms with van der Waals surface area (Å²) in [5.41, 5.74) is 1.96. The van der Waals surface area contributed by atoms with Crippen LogP contribution in [0.3, 0.4) is 0 Å². The number of hydrogen-bond donors (Lipinski definition) is 1. The summed E-state index contributed by atoms with van der Waals surface area (Å²) in [6, 6.07) is 0. The maximum Gasteiger partial charge on any atom is 0.303 e. The molecule has 0 saturated carbocycles. The fraction of sp³-hybridized carbons (Fsp3) is 0.714. The van der Waals surface area contributed by atoms with E-state index in [1.807, 2.05) is 18.7 Å². The number of piperidine rings is 1. The first-order valence-electron chi connectivity index (χ1n) is 7.15. The Morgan fingerprint density at radius 2 is 2.30 bits per heavy atom. The first-order chi connectivity index (χ1) is 9.51. The van der Waals surface area contributed by atoms with Crippen molar-refractivity contribution < 1.29 is 9.90 Å². The monoisotopic (exact) mass is 299 g/mol. The van der Waals surface area contributed by atoms with Gasteiger partial charge in [0.1, 0.15) is 0 Å². The first-order valence-corrected chi connectivity index (χ1v) is 7.53. The fourth-order valence-corrected chi connectivity index (χ4v) is 3.27. The smallest absolute Gasteiger partial charge is 0.303 e. The molecule has 1 atom stereocenters.